The zero-order valence-corrected chi connectivity index (χ0v) is 10.3. The summed E-state index contributed by atoms with van der Waals surface area (Å²) in [6, 6.07) is 7.74. The molecule has 1 rings (SSSR count). The van der Waals surface area contributed by atoms with E-state index in [9.17, 15) is 4.79 Å². The van der Waals surface area contributed by atoms with E-state index in [1.54, 1.807) is 0 Å². The van der Waals surface area contributed by atoms with Crippen LogP contribution < -0.4 is 11.1 Å². The Labute approximate surface area is 102 Å². The highest BCUT2D eigenvalue weighted by Crippen LogP contribution is 2.16. The fraction of sp³-hybridized carbons (Fsp3) is 0.462. The van der Waals surface area contributed by atoms with Crippen LogP contribution >= 0.6 is 0 Å². The van der Waals surface area contributed by atoms with E-state index in [4.69, 9.17) is 10.8 Å². The summed E-state index contributed by atoms with van der Waals surface area (Å²) < 4.78 is 0. The molecular weight excluding hydrogens is 216 g/mol. The molecule has 0 fully saturated rings. The molecule has 0 spiro atoms. The third-order valence-corrected chi connectivity index (χ3v) is 2.58. The second-order valence-electron chi connectivity index (χ2n) is 4.52. The summed E-state index contributed by atoms with van der Waals surface area (Å²) in [6.07, 6.45) is -0.0168. The van der Waals surface area contributed by atoms with E-state index in [0.717, 1.165) is 5.69 Å². The second-order valence-corrected chi connectivity index (χ2v) is 4.52. The number of hydrogen-bond acceptors (Lipinski definition) is 3. The highest BCUT2D eigenvalue weighted by molar-refractivity contribution is 5.67. The van der Waals surface area contributed by atoms with E-state index < -0.39 is 5.97 Å². The highest BCUT2D eigenvalue weighted by Gasteiger charge is 2.07. The van der Waals surface area contributed by atoms with Gasteiger partial charge >= 0.3 is 5.97 Å². The van der Waals surface area contributed by atoms with Crippen LogP contribution in [0.4, 0.5) is 5.69 Å². The van der Waals surface area contributed by atoms with Gasteiger partial charge in [0.15, 0.2) is 0 Å². The van der Waals surface area contributed by atoms with Crippen LogP contribution in [-0.2, 0) is 4.79 Å². The van der Waals surface area contributed by atoms with Crippen molar-refractivity contribution in [3.8, 4) is 0 Å². The second kappa shape index (κ2) is 6.25. The van der Waals surface area contributed by atoms with E-state index in [1.807, 2.05) is 12.1 Å². The van der Waals surface area contributed by atoms with E-state index in [0.29, 0.717) is 12.5 Å². The standard InChI is InChI=1S/C13H20N2O2/c1-9(2)10-3-5-12(6-4-10)15-8-11(14)7-13(16)17/h3-6,9,11,15H,7-8,14H2,1-2H3,(H,16,17). The van der Waals surface area contributed by atoms with Crippen LogP contribution in [0.3, 0.4) is 0 Å². The molecule has 1 aromatic rings. The van der Waals surface area contributed by atoms with Crippen molar-refractivity contribution < 1.29 is 9.90 Å². The predicted molar refractivity (Wildman–Crippen MR) is 69.2 cm³/mol. The largest absolute Gasteiger partial charge is 0.481 e. The van der Waals surface area contributed by atoms with Crippen molar-refractivity contribution in [1.29, 1.82) is 0 Å². The number of anilines is 1. The Balaban J connectivity index is 2.44. The van der Waals surface area contributed by atoms with Crippen LogP contribution in [0.1, 0.15) is 31.7 Å². The molecule has 0 saturated heterocycles. The predicted octanol–water partition coefficient (Wildman–Crippen LogP) is 2.02. The van der Waals surface area contributed by atoms with Crippen molar-refractivity contribution in [2.75, 3.05) is 11.9 Å². The quantitative estimate of drug-likeness (QED) is 0.706. The van der Waals surface area contributed by atoms with Gasteiger partial charge in [-0.3, -0.25) is 4.79 Å². The molecule has 4 heteroatoms. The molecule has 0 saturated carbocycles. The summed E-state index contributed by atoms with van der Waals surface area (Å²) >= 11 is 0. The van der Waals surface area contributed by atoms with Crippen molar-refractivity contribution in [3.63, 3.8) is 0 Å². The molecule has 1 atom stereocenters. The lowest BCUT2D eigenvalue weighted by Crippen LogP contribution is -2.31. The summed E-state index contributed by atoms with van der Waals surface area (Å²) in [5.41, 5.74) is 7.91. The van der Waals surface area contributed by atoms with Gasteiger partial charge in [-0.25, -0.2) is 0 Å². The van der Waals surface area contributed by atoms with Crippen LogP contribution in [0.15, 0.2) is 24.3 Å². The van der Waals surface area contributed by atoms with Gasteiger partial charge in [-0.15, -0.1) is 0 Å². The molecule has 4 N–H and O–H groups in total. The van der Waals surface area contributed by atoms with Gasteiger partial charge in [-0.2, -0.15) is 0 Å². The number of rotatable bonds is 6. The average molecular weight is 236 g/mol. The molecular formula is C13H20N2O2. The molecule has 0 heterocycles. The Morgan fingerprint density at radius 1 is 1.35 bits per heavy atom. The van der Waals surface area contributed by atoms with Crippen LogP contribution in [-0.4, -0.2) is 23.7 Å². The zero-order valence-electron chi connectivity index (χ0n) is 10.3. The lowest BCUT2D eigenvalue weighted by molar-refractivity contribution is -0.137. The Bertz CT molecular complexity index is 360. The fourth-order valence-corrected chi connectivity index (χ4v) is 1.53. The molecule has 0 aliphatic carbocycles. The van der Waals surface area contributed by atoms with Gasteiger partial charge < -0.3 is 16.2 Å². The van der Waals surface area contributed by atoms with Crippen LogP contribution in [0.2, 0.25) is 0 Å². The summed E-state index contributed by atoms with van der Waals surface area (Å²) in [7, 11) is 0. The van der Waals surface area contributed by atoms with Gasteiger partial charge in [0.25, 0.3) is 0 Å². The molecule has 0 aromatic heterocycles. The molecule has 1 aromatic carbocycles. The minimum atomic E-state index is -0.866. The molecule has 0 bridgehead atoms. The molecule has 17 heavy (non-hydrogen) atoms. The van der Waals surface area contributed by atoms with Gasteiger partial charge in [0, 0.05) is 18.3 Å². The molecule has 4 nitrogen and oxygen atoms in total. The van der Waals surface area contributed by atoms with Crippen molar-refractivity contribution in [3.05, 3.63) is 29.8 Å². The number of nitrogens with two attached hydrogens (primary N) is 1. The normalized spacial score (nSPS) is 12.5. The molecule has 0 aliphatic heterocycles. The van der Waals surface area contributed by atoms with E-state index in [1.165, 1.54) is 5.56 Å². The lowest BCUT2D eigenvalue weighted by Gasteiger charge is -2.12. The SMILES string of the molecule is CC(C)c1ccc(NCC(N)CC(=O)O)cc1. The number of carboxylic acids is 1. The molecule has 0 aliphatic rings. The smallest absolute Gasteiger partial charge is 0.304 e. The maximum atomic E-state index is 10.4. The number of hydrogen-bond donors (Lipinski definition) is 3. The zero-order chi connectivity index (χ0) is 12.8. The summed E-state index contributed by atoms with van der Waals surface area (Å²) in [5, 5.41) is 11.7. The minimum Gasteiger partial charge on any atom is -0.481 e. The first-order valence-corrected chi connectivity index (χ1v) is 5.80. The number of aliphatic carboxylic acids is 1. The first kappa shape index (κ1) is 13.5. The minimum absolute atomic E-state index is 0.0168. The van der Waals surface area contributed by atoms with Crippen LogP contribution in [0.5, 0.6) is 0 Å². The fourth-order valence-electron chi connectivity index (χ4n) is 1.53. The summed E-state index contributed by atoms with van der Waals surface area (Å²) in [4.78, 5) is 10.4. The van der Waals surface area contributed by atoms with E-state index in [2.05, 4.69) is 31.3 Å². The van der Waals surface area contributed by atoms with Gasteiger partial charge in [0.1, 0.15) is 0 Å². The third kappa shape index (κ3) is 4.87. The first-order valence-electron chi connectivity index (χ1n) is 5.80. The van der Waals surface area contributed by atoms with E-state index in [-0.39, 0.29) is 12.5 Å². The van der Waals surface area contributed by atoms with Crippen molar-refractivity contribution >= 4 is 11.7 Å². The van der Waals surface area contributed by atoms with Gasteiger partial charge in [-0.05, 0) is 23.6 Å². The number of carbonyl (C=O) groups is 1. The average Bonchev–Trinajstić information content (AvgIpc) is 2.26. The number of nitrogens with one attached hydrogen (secondary N) is 1. The summed E-state index contributed by atoms with van der Waals surface area (Å²) in [6.45, 7) is 4.75. The monoisotopic (exact) mass is 236 g/mol. The van der Waals surface area contributed by atoms with Gasteiger partial charge in [0.2, 0.25) is 0 Å². The first-order chi connectivity index (χ1) is 7.99. The number of benzene rings is 1. The highest BCUT2D eigenvalue weighted by atomic mass is 16.4. The maximum Gasteiger partial charge on any atom is 0.304 e. The Kier molecular flexibility index (Phi) is 4.97. The van der Waals surface area contributed by atoms with Crippen LogP contribution in [0, 0.1) is 0 Å². The molecule has 94 valence electrons. The Hall–Kier alpha value is -1.55. The van der Waals surface area contributed by atoms with Crippen molar-refractivity contribution in [2.45, 2.75) is 32.2 Å². The topological polar surface area (TPSA) is 75.3 Å². The lowest BCUT2D eigenvalue weighted by atomic mass is 10.0. The molecule has 0 amide bonds. The summed E-state index contributed by atoms with van der Waals surface area (Å²) in [5.74, 6) is -0.354. The Morgan fingerprint density at radius 3 is 2.41 bits per heavy atom. The maximum absolute atomic E-state index is 10.4. The van der Waals surface area contributed by atoms with E-state index >= 15 is 0 Å². The molecule has 0 radical (unpaired) electrons. The van der Waals surface area contributed by atoms with Crippen molar-refractivity contribution in [2.24, 2.45) is 5.73 Å². The van der Waals surface area contributed by atoms with Crippen molar-refractivity contribution in [1.82, 2.24) is 0 Å². The van der Waals surface area contributed by atoms with Crippen LogP contribution in [0.25, 0.3) is 0 Å². The van der Waals surface area contributed by atoms with Gasteiger partial charge in [0.05, 0.1) is 6.42 Å². The number of carboxylic acid groups (broad SMARTS) is 1. The van der Waals surface area contributed by atoms with Gasteiger partial charge in [-0.1, -0.05) is 26.0 Å². The Morgan fingerprint density at radius 2 is 1.94 bits per heavy atom. The third-order valence-electron chi connectivity index (χ3n) is 2.58. The molecule has 1 unspecified atom stereocenters.